The summed E-state index contributed by atoms with van der Waals surface area (Å²) in [4.78, 5) is 2.76. The molecule has 2 aliphatic heterocycles. The van der Waals surface area contributed by atoms with Crippen molar-refractivity contribution in [3.8, 4) is 11.1 Å². The van der Waals surface area contributed by atoms with E-state index >= 15 is 0 Å². The quantitative estimate of drug-likeness (QED) is 0.445. The van der Waals surface area contributed by atoms with Gasteiger partial charge in [0.1, 0.15) is 0 Å². The fraction of sp³-hybridized carbons (Fsp3) is 0.333. The lowest BCUT2D eigenvalue weighted by Crippen LogP contribution is -2.47. The van der Waals surface area contributed by atoms with Crippen LogP contribution in [0.5, 0.6) is 0 Å². The van der Waals surface area contributed by atoms with Crippen LogP contribution in [0.3, 0.4) is 0 Å². The van der Waals surface area contributed by atoms with Crippen molar-refractivity contribution < 1.29 is 0 Å². The molecule has 0 saturated carbocycles. The molecule has 0 spiro atoms. The molecule has 3 aliphatic rings. The van der Waals surface area contributed by atoms with Crippen LogP contribution in [0.1, 0.15) is 61.8 Å². The van der Waals surface area contributed by atoms with Gasteiger partial charge in [-0.1, -0.05) is 93.1 Å². The minimum Gasteiger partial charge on any atom is -0.289 e. The summed E-state index contributed by atoms with van der Waals surface area (Å²) in [6.07, 6.45) is 7.74. The summed E-state index contributed by atoms with van der Waals surface area (Å²) in [5, 5.41) is 0. The number of hydrogen-bond donors (Lipinski definition) is 0. The average molecular weight is 406 g/mol. The van der Waals surface area contributed by atoms with Crippen molar-refractivity contribution in [2.24, 2.45) is 0 Å². The third kappa shape index (κ3) is 3.10. The second-order valence-corrected chi connectivity index (χ2v) is 10.1. The zero-order valence-corrected chi connectivity index (χ0v) is 18.6. The van der Waals surface area contributed by atoms with Crippen LogP contribution in [0.4, 0.5) is 0 Å². The first kappa shape index (κ1) is 19.1. The third-order valence-corrected chi connectivity index (χ3v) is 7.94. The summed E-state index contributed by atoms with van der Waals surface area (Å²) >= 11 is 0. The molecule has 2 atom stereocenters. The number of rotatable bonds is 3. The van der Waals surface area contributed by atoms with Crippen LogP contribution in [0.25, 0.3) is 16.7 Å². The molecule has 156 valence electrons. The maximum atomic E-state index is 2.76. The molecule has 0 radical (unpaired) electrons. The van der Waals surface area contributed by atoms with Gasteiger partial charge in [-0.2, -0.15) is 0 Å². The highest BCUT2D eigenvalue weighted by atomic mass is 15.2. The highest BCUT2D eigenvalue weighted by molar-refractivity contribution is 5.83. The van der Waals surface area contributed by atoms with Gasteiger partial charge in [0.25, 0.3) is 0 Å². The molecule has 1 saturated heterocycles. The molecule has 1 nitrogen and oxygen atoms in total. The Morgan fingerprint density at radius 2 is 1.61 bits per heavy atom. The Kier molecular flexibility index (Phi) is 4.43. The maximum absolute atomic E-state index is 2.76. The molecule has 2 unspecified atom stereocenters. The van der Waals surface area contributed by atoms with Crippen molar-refractivity contribution in [2.75, 3.05) is 0 Å². The molecule has 1 heteroatoms. The Morgan fingerprint density at radius 3 is 2.45 bits per heavy atom. The summed E-state index contributed by atoms with van der Waals surface area (Å²) in [7, 11) is 0. The number of piperidine rings is 1. The van der Waals surface area contributed by atoms with E-state index in [4.69, 9.17) is 0 Å². The first-order valence-electron chi connectivity index (χ1n) is 11.9. The van der Waals surface area contributed by atoms with Crippen molar-refractivity contribution in [3.63, 3.8) is 0 Å². The summed E-state index contributed by atoms with van der Waals surface area (Å²) < 4.78 is 0. The minimum atomic E-state index is 0.0758. The Bertz CT molecular complexity index is 1150. The zero-order valence-electron chi connectivity index (χ0n) is 18.6. The van der Waals surface area contributed by atoms with Crippen LogP contribution in [0.15, 0.2) is 78.9 Å². The van der Waals surface area contributed by atoms with E-state index in [0.717, 1.165) is 6.54 Å². The smallest absolute Gasteiger partial charge is 0.0290 e. The van der Waals surface area contributed by atoms with Gasteiger partial charge < -0.3 is 0 Å². The van der Waals surface area contributed by atoms with Gasteiger partial charge in [-0.05, 0) is 64.3 Å². The number of benzene rings is 3. The molecule has 3 aromatic carbocycles. The van der Waals surface area contributed by atoms with E-state index in [1.165, 1.54) is 59.1 Å². The molecular formula is C30H31N. The average Bonchev–Trinajstić information content (AvgIpc) is 3.01. The monoisotopic (exact) mass is 405 g/mol. The van der Waals surface area contributed by atoms with Gasteiger partial charge in [0, 0.05) is 24.0 Å². The molecule has 3 aromatic rings. The second kappa shape index (κ2) is 7.21. The van der Waals surface area contributed by atoms with Gasteiger partial charge in [-0.15, -0.1) is 0 Å². The maximum Gasteiger partial charge on any atom is 0.0290 e. The molecule has 0 aromatic heterocycles. The van der Waals surface area contributed by atoms with E-state index in [1.54, 1.807) is 5.57 Å². The van der Waals surface area contributed by atoms with Crippen LogP contribution in [-0.2, 0) is 12.0 Å². The first-order valence-corrected chi connectivity index (χ1v) is 11.9. The number of fused-ring (bicyclic) bond motifs is 5. The highest BCUT2D eigenvalue weighted by Crippen LogP contribution is 2.49. The fourth-order valence-corrected chi connectivity index (χ4v) is 6.28. The molecule has 31 heavy (non-hydrogen) atoms. The minimum absolute atomic E-state index is 0.0758. The van der Waals surface area contributed by atoms with E-state index in [9.17, 15) is 0 Å². The topological polar surface area (TPSA) is 3.24 Å². The summed E-state index contributed by atoms with van der Waals surface area (Å²) in [6.45, 7) is 5.84. The van der Waals surface area contributed by atoms with Crippen LogP contribution in [-0.4, -0.2) is 17.0 Å². The predicted octanol–water partition coefficient (Wildman–Crippen LogP) is 7.20. The van der Waals surface area contributed by atoms with Gasteiger partial charge in [-0.3, -0.25) is 4.90 Å². The summed E-state index contributed by atoms with van der Waals surface area (Å²) in [5.74, 6) is 0. The van der Waals surface area contributed by atoms with E-state index < -0.39 is 0 Å². The van der Waals surface area contributed by atoms with Gasteiger partial charge in [-0.25, -0.2) is 0 Å². The van der Waals surface area contributed by atoms with Crippen LogP contribution in [0.2, 0.25) is 0 Å². The second-order valence-electron chi connectivity index (χ2n) is 10.1. The Balaban J connectivity index is 1.34. The predicted molar refractivity (Wildman–Crippen MR) is 130 cm³/mol. The molecule has 0 N–H and O–H groups in total. The van der Waals surface area contributed by atoms with Crippen molar-refractivity contribution in [2.45, 2.75) is 63.6 Å². The lowest BCUT2D eigenvalue weighted by molar-refractivity contribution is 0.0951. The molecule has 1 fully saturated rings. The van der Waals surface area contributed by atoms with E-state index in [2.05, 4.69) is 97.6 Å². The number of hydrogen-bond acceptors (Lipinski definition) is 1. The van der Waals surface area contributed by atoms with E-state index in [1.807, 2.05) is 0 Å². The molecule has 0 amide bonds. The van der Waals surface area contributed by atoms with Gasteiger partial charge in [0.2, 0.25) is 0 Å². The first-order chi connectivity index (χ1) is 15.1. The Hall–Kier alpha value is -2.64. The van der Waals surface area contributed by atoms with Crippen LogP contribution >= 0.6 is 0 Å². The van der Waals surface area contributed by atoms with Crippen molar-refractivity contribution in [3.05, 3.63) is 101 Å². The Morgan fingerprint density at radius 1 is 0.839 bits per heavy atom. The van der Waals surface area contributed by atoms with Crippen molar-refractivity contribution in [1.29, 1.82) is 0 Å². The Labute approximate surface area is 186 Å². The summed E-state index contributed by atoms with van der Waals surface area (Å²) in [6, 6.07) is 28.4. The lowest BCUT2D eigenvalue weighted by atomic mass is 9.79. The van der Waals surface area contributed by atoms with E-state index in [0.29, 0.717) is 12.1 Å². The van der Waals surface area contributed by atoms with Crippen LogP contribution < -0.4 is 0 Å². The fourth-order valence-electron chi connectivity index (χ4n) is 6.28. The molecule has 6 rings (SSSR count). The normalized spacial score (nSPS) is 23.7. The number of nitrogens with zero attached hydrogens (tertiary/aromatic N) is 1. The standard InChI is InChI=1S/C30H31N/c1-30(2)28-14-7-6-13-26(28)27-16-15-22(19-29(27)30)23-17-24-11-8-12-25(18-23)31(24)20-21-9-4-3-5-10-21/h3-7,9-10,13-17,19,24-25H,8,11-12,18,20H2,1-2H3. The van der Waals surface area contributed by atoms with Gasteiger partial charge in [0.15, 0.2) is 0 Å². The highest BCUT2D eigenvalue weighted by Gasteiger charge is 2.37. The molecule has 2 bridgehead atoms. The third-order valence-electron chi connectivity index (χ3n) is 7.94. The zero-order chi connectivity index (χ0) is 21.0. The lowest BCUT2D eigenvalue weighted by Gasteiger charge is -2.45. The van der Waals surface area contributed by atoms with Crippen molar-refractivity contribution >= 4 is 5.57 Å². The van der Waals surface area contributed by atoms with Gasteiger partial charge in [0.05, 0.1) is 0 Å². The SMILES string of the molecule is CC1(C)c2ccccc2-c2ccc(C3=CC4CCCC(C3)N4Cc3ccccc3)cc21. The van der Waals surface area contributed by atoms with E-state index in [-0.39, 0.29) is 5.41 Å². The van der Waals surface area contributed by atoms with Gasteiger partial charge >= 0.3 is 0 Å². The molecule has 1 aliphatic carbocycles. The van der Waals surface area contributed by atoms with Crippen molar-refractivity contribution in [1.82, 2.24) is 4.90 Å². The largest absolute Gasteiger partial charge is 0.289 e. The molecular weight excluding hydrogens is 374 g/mol. The van der Waals surface area contributed by atoms with Crippen LogP contribution in [0, 0.1) is 0 Å². The molecule has 2 heterocycles. The summed E-state index contributed by atoms with van der Waals surface area (Å²) in [5.41, 5.74) is 10.3.